The summed E-state index contributed by atoms with van der Waals surface area (Å²) in [6, 6.07) is 3.90. The molecule has 0 saturated carbocycles. The predicted molar refractivity (Wildman–Crippen MR) is 94.8 cm³/mol. The molecular formula is C18H27N3O4. The third-order valence-corrected chi connectivity index (χ3v) is 5.03. The predicted octanol–water partition coefficient (Wildman–Crippen LogP) is 0.832. The van der Waals surface area contributed by atoms with Gasteiger partial charge < -0.3 is 24.4 Å². The number of nitrogens with one attached hydrogen (secondary N) is 1. The first kappa shape index (κ1) is 17.8. The van der Waals surface area contributed by atoms with Crippen LogP contribution in [-0.4, -0.2) is 82.3 Å². The molecule has 0 radical (unpaired) electrons. The van der Waals surface area contributed by atoms with Crippen LogP contribution in [0.1, 0.15) is 16.8 Å². The molecule has 7 heteroatoms. The average Bonchev–Trinajstić information content (AvgIpc) is 3.17. The van der Waals surface area contributed by atoms with Crippen LogP contribution in [0.3, 0.4) is 0 Å². The largest absolute Gasteiger partial charge is 0.493 e. The van der Waals surface area contributed by atoms with Crippen LogP contribution < -0.4 is 19.5 Å². The lowest BCUT2D eigenvalue weighted by Crippen LogP contribution is -2.49. The summed E-state index contributed by atoms with van der Waals surface area (Å²) in [5.41, 5.74) is 0.565. The highest BCUT2D eigenvalue weighted by Crippen LogP contribution is 2.38. The summed E-state index contributed by atoms with van der Waals surface area (Å²) in [5.74, 6) is 1.52. The summed E-state index contributed by atoms with van der Waals surface area (Å²) in [4.78, 5) is 17.4. The Morgan fingerprint density at radius 1 is 1.04 bits per heavy atom. The van der Waals surface area contributed by atoms with Crippen molar-refractivity contribution < 1.29 is 19.0 Å². The van der Waals surface area contributed by atoms with E-state index in [4.69, 9.17) is 14.2 Å². The van der Waals surface area contributed by atoms with Crippen LogP contribution in [0.2, 0.25) is 0 Å². The fourth-order valence-electron chi connectivity index (χ4n) is 3.66. The number of piperazine rings is 1. The topological polar surface area (TPSA) is 63.3 Å². The molecule has 2 fully saturated rings. The molecule has 2 heterocycles. The van der Waals surface area contributed by atoms with Gasteiger partial charge in [-0.2, -0.15) is 0 Å². The third-order valence-electron chi connectivity index (χ3n) is 5.03. The van der Waals surface area contributed by atoms with Crippen molar-refractivity contribution in [3.8, 4) is 17.2 Å². The number of hydrogen-bond donors (Lipinski definition) is 1. The van der Waals surface area contributed by atoms with Crippen LogP contribution in [0, 0.1) is 0 Å². The second kappa shape index (κ2) is 7.93. The smallest absolute Gasteiger partial charge is 0.254 e. The normalized spacial score (nSPS) is 21.2. The lowest BCUT2D eigenvalue weighted by molar-refractivity contribution is 0.0772. The van der Waals surface area contributed by atoms with Gasteiger partial charge in [0.05, 0.1) is 21.3 Å². The molecule has 1 unspecified atom stereocenters. The second-order valence-electron chi connectivity index (χ2n) is 6.39. The van der Waals surface area contributed by atoms with E-state index < -0.39 is 0 Å². The summed E-state index contributed by atoms with van der Waals surface area (Å²) in [6.45, 7) is 5.71. The second-order valence-corrected chi connectivity index (χ2v) is 6.39. The molecule has 0 bridgehead atoms. The lowest BCUT2D eigenvalue weighted by atomic mass is 10.1. The molecule has 2 aliphatic rings. The number of benzene rings is 1. The van der Waals surface area contributed by atoms with E-state index in [9.17, 15) is 4.79 Å². The molecule has 0 spiro atoms. The van der Waals surface area contributed by atoms with Gasteiger partial charge in [-0.05, 0) is 18.6 Å². The SMILES string of the molecule is COc1cc(C(=O)N2CCC(N3CCNCC3)C2)cc(OC)c1OC. The zero-order valence-corrected chi connectivity index (χ0v) is 15.2. The number of methoxy groups -OCH3 is 3. The first-order chi connectivity index (χ1) is 12.2. The highest BCUT2D eigenvalue weighted by molar-refractivity contribution is 5.95. The van der Waals surface area contributed by atoms with E-state index in [2.05, 4.69) is 10.2 Å². The van der Waals surface area contributed by atoms with Gasteiger partial charge in [0.2, 0.25) is 5.75 Å². The van der Waals surface area contributed by atoms with Crippen molar-refractivity contribution in [2.75, 3.05) is 60.6 Å². The van der Waals surface area contributed by atoms with Crippen LogP contribution in [0.15, 0.2) is 12.1 Å². The summed E-state index contributed by atoms with van der Waals surface area (Å²) in [5, 5.41) is 3.37. The zero-order valence-electron chi connectivity index (χ0n) is 15.2. The van der Waals surface area contributed by atoms with Crippen LogP contribution >= 0.6 is 0 Å². The number of amides is 1. The van der Waals surface area contributed by atoms with Gasteiger partial charge in [0.25, 0.3) is 5.91 Å². The van der Waals surface area contributed by atoms with E-state index in [-0.39, 0.29) is 5.91 Å². The minimum Gasteiger partial charge on any atom is -0.493 e. The first-order valence-electron chi connectivity index (χ1n) is 8.72. The number of rotatable bonds is 5. The molecule has 0 aromatic heterocycles. The van der Waals surface area contributed by atoms with Gasteiger partial charge >= 0.3 is 0 Å². The zero-order chi connectivity index (χ0) is 17.8. The molecule has 2 saturated heterocycles. The minimum atomic E-state index is 0.0110. The van der Waals surface area contributed by atoms with E-state index in [1.807, 2.05) is 4.90 Å². The van der Waals surface area contributed by atoms with Gasteiger partial charge in [0, 0.05) is 50.9 Å². The standard InChI is InChI=1S/C18H27N3O4/c1-23-15-10-13(11-16(24-2)17(15)25-3)18(22)21-7-4-14(12-21)20-8-5-19-6-9-20/h10-11,14,19H,4-9,12H2,1-3H3. The van der Waals surface area contributed by atoms with Crippen LogP contribution in [0.5, 0.6) is 17.2 Å². The Hall–Kier alpha value is -1.99. The number of likely N-dealkylation sites (tertiary alicyclic amines) is 1. The number of hydrogen-bond acceptors (Lipinski definition) is 6. The van der Waals surface area contributed by atoms with Crippen molar-refractivity contribution in [3.05, 3.63) is 17.7 Å². The maximum absolute atomic E-state index is 13.0. The summed E-state index contributed by atoms with van der Waals surface area (Å²) < 4.78 is 16.0. The quantitative estimate of drug-likeness (QED) is 0.850. The Bertz CT molecular complexity index is 591. The molecule has 138 valence electrons. The summed E-state index contributed by atoms with van der Waals surface area (Å²) in [6.07, 6.45) is 1.02. The van der Waals surface area contributed by atoms with E-state index in [0.29, 0.717) is 28.9 Å². The Morgan fingerprint density at radius 3 is 2.24 bits per heavy atom. The molecule has 2 aliphatic heterocycles. The van der Waals surface area contributed by atoms with Crippen molar-refractivity contribution in [2.24, 2.45) is 0 Å². The lowest BCUT2D eigenvalue weighted by Gasteiger charge is -2.32. The molecular weight excluding hydrogens is 322 g/mol. The van der Waals surface area contributed by atoms with E-state index in [0.717, 1.165) is 45.7 Å². The minimum absolute atomic E-state index is 0.0110. The van der Waals surface area contributed by atoms with E-state index >= 15 is 0 Å². The van der Waals surface area contributed by atoms with Gasteiger partial charge in [-0.15, -0.1) is 0 Å². The van der Waals surface area contributed by atoms with Crippen molar-refractivity contribution in [3.63, 3.8) is 0 Å². The van der Waals surface area contributed by atoms with Crippen LogP contribution in [-0.2, 0) is 0 Å². The Balaban J connectivity index is 1.74. The van der Waals surface area contributed by atoms with Crippen molar-refractivity contribution in [2.45, 2.75) is 12.5 Å². The molecule has 3 rings (SSSR count). The highest BCUT2D eigenvalue weighted by Gasteiger charge is 2.32. The maximum Gasteiger partial charge on any atom is 0.254 e. The number of ether oxygens (including phenoxy) is 3. The van der Waals surface area contributed by atoms with Gasteiger partial charge in [0.15, 0.2) is 11.5 Å². The van der Waals surface area contributed by atoms with Gasteiger partial charge in [-0.25, -0.2) is 0 Å². The van der Waals surface area contributed by atoms with Crippen molar-refractivity contribution in [1.29, 1.82) is 0 Å². The first-order valence-corrected chi connectivity index (χ1v) is 8.72. The van der Waals surface area contributed by atoms with Crippen LogP contribution in [0.25, 0.3) is 0 Å². The van der Waals surface area contributed by atoms with Gasteiger partial charge in [0.1, 0.15) is 0 Å². The van der Waals surface area contributed by atoms with Gasteiger partial charge in [-0.1, -0.05) is 0 Å². The Kier molecular flexibility index (Phi) is 5.65. The average molecular weight is 349 g/mol. The molecule has 1 atom stereocenters. The third kappa shape index (κ3) is 3.67. The fraction of sp³-hybridized carbons (Fsp3) is 0.611. The van der Waals surface area contributed by atoms with E-state index in [1.54, 1.807) is 33.5 Å². The molecule has 25 heavy (non-hydrogen) atoms. The molecule has 1 aromatic rings. The van der Waals surface area contributed by atoms with E-state index in [1.165, 1.54) is 0 Å². The summed E-state index contributed by atoms with van der Waals surface area (Å²) in [7, 11) is 4.67. The van der Waals surface area contributed by atoms with Crippen molar-refractivity contribution >= 4 is 5.91 Å². The maximum atomic E-state index is 13.0. The molecule has 1 amide bonds. The number of carbonyl (C=O) groups is 1. The molecule has 1 N–H and O–H groups in total. The number of nitrogens with zero attached hydrogens (tertiary/aromatic N) is 2. The summed E-state index contributed by atoms with van der Waals surface area (Å²) >= 11 is 0. The fourth-order valence-corrected chi connectivity index (χ4v) is 3.66. The molecule has 7 nitrogen and oxygen atoms in total. The van der Waals surface area contributed by atoms with Crippen molar-refractivity contribution in [1.82, 2.24) is 15.1 Å². The molecule has 0 aliphatic carbocycles. The van der Waals surface area contributed by atoms with Crippen LogP contribution in [0.4, 0.5) is 0 Å². The monoisotopic (exact) mass is 349 g/mol. The molecule has 1 aromatic carbocycles. The Morgan fingerprint density at radius 2 is 1.68 bits per heavy atom. The highest BCUT2D eigenvalue weighted by atomic mass is 16.5. The van der Waals surface area contributed by atoms with Gasteiger partial charge in [-0.3, -0.25) is 9.69 Å². The Labute approximate surface area is 148 Å². The number of carbonyl (C=O) groups excluding carboxylic acids is 1.